The third-order valence-corrected chi connectivity index (χ3v) is 27.0. The first-order valence-electron chi connectivity index (χ1n) is 43.1. The lowest BCUT2D eigenvalue weighted by atomic mass is 10.0. The van der Waals surface area contributed by atoms with E-state index in [2.05, 4.69) is 103 Å². The minimum absolute atomic E-state index is 0. The highest BCUT2D eigenvalue weighted by molar-refractivity contribution is 7.87. The number of anilines is 18. The Kier molecular flexibility index (Phi) is 31.4. The molecule has 4 aliphatic heterocycles. The summed E-state index contributed by atoms with van der Waals surface area (Å²) in [6, 6.07) is 64.1. The van der Waals surface area contributed by atoms with Crippen LogP contribution in [0.1, 0.15) is 119 Å². The third kappa shape index (κ3) is 24.3. The molecular weight excluding hydrogens is 2070 g/mol. The zero-order chi connectivity index (χ0) is 106. The van der Waals surface area contributed by atoms with E-state index in [1.165, 1.54) is 164 Å². The van der Waals surface area contributed by atoms with Crippen molar-refractivity contribution >= 4 is 212 Å². The number of rotatable bonds is 29. The fourth-order valence-corrected chi connectivity index (χ4v) is 18.6. The molecule has 49 nitrogen and oxygen atoms in total. The monoisotopic (exact) mass is 2150 g/mol. The molecule has 0 atom stereocenters. The maximum absolute atomic E-state index is 12.7. The summed E-state index contributed by atoms with van der Waals surface area (Å²) >= 11 is 0. The van der Waals surface area contributed by atoms with Gasteiger partial charge in [0, 0.05) is 59.3 Å². The van der Waals surface area contributed by atoms with Crippen LogP contribution in [0.25, 0.3) is 11.3 Å². The van der Waals surface area contributed by atoms with E-state index in [0.717, 1.165) is 56.2 Å². The summed E-state index contributed by atoms with van der Waals surface area (Å²) in [5.41, 5.74) is 6.32. The van der Waals surface area contributed by atoms with Crippen LogP contribution >= 0.6 is 0 Å². The first kappa shape index (κ1) is 108. The molecule has 4 aliphatic rings. The molecule has 0 spiro atoms. The summed E-state index contributed by atoms with van der Waals surface area (Å²) in [4.78, 5) is 134. The van der Waals surface area contributed by atoms with E-state index in [-0.39, 0.29) is 182 Å². The largest absolute Gasteiger partial charge is 0.494 e. The molecule has 0 aliphatic carbocycles. The van der Waals surface area contributed by atoms with E-state index in [0.29, 0.717) is 39.6 Å². The molecule has 150 heavy (non-hydrogen) atoms. The lowest BCUT2D eigenvalue weighted by Gasteiger charge is -2.14. The number of H-pyrrole nitrogens is 1. The first-order valence-corrected chi connectivity index (χ1v) is 51.7. The standard InChI is InChI=1S/3C25H21N7O8S2.C18H12N2O2.2CH4/c1-2-32-21(33)19-10-9-16(13-20(19)22(32)34)28-25-30-23(26-14-5-3-7-17(11-14)41(35,36)37)29-24(31-25)27-15-6-4-8-18(12-15)42(38,39)40;1-2-32-21(33)15-12-11-14(13-16(15)22(32)34)26-23-29-24(27-17-7-3-5-9-19(17)41(35,36)37)31-25(30-23)28-18-8-4-6-10-20(18)42(38,39)40;1-2-32-21(33)17-11-10-15(13-18(17)22(32)34)27-24-29-23(26-14-6-5-7-16(12-14)41(35,36)37)30-25(31-24)28-19-8-3-4-9-20(19)42(38,39)40;21-17-13-14(16(20-17)12-9-5-2-6-10-12)18(22)19-15(13)11-7-3-1-4-8-11;;/h3*3-13H,2H2,1H3,(H,35,36,37)(H,38,39,40)(H3,26,27,28,29,30,31);1-10,19,22H;2*1H4. The zero-order valence-electron chi connectivity index (χ0n) is 76.1. The second-order valence-electron chi connectivity index (χ2n) is 31.4. The summed E-state index contributed by atoms with van der Waals surface area (Å²) in [5, 5.41) is 35.5. The predicted molar refractivity (Wildman–Crippen MR) is 547 cm³/mol. The Bertz CT molecular complexity index is 8580. The molecule has 17 N–H and O–H groups in total. The van der Waals surface area contributed by atoms with Crippen molar-refractivity contribution in [2.45, 2.75) is 65.0 Å². The van der Waals surface area contributed by atoms with Gasteiger partial charge >= 0.3 is 0 Å². The fraction of sp³-hybridized carbons (Fsp3) is 0.0842. The van der Waals surface area contributed by atoms with E-state index in [9.17, 15) is 116 Å². The summed E-state index contributed by atoms with van der Waals surface area (Å²) < 4.78 is 198. The molecule has 0 radical (unpaired) electrons. The number of aromatic hydroxyl groups is 1. The van der Waals surface area contributed by atoms with Crippen molar-refractivity contribution in [2.75, 3.05) is 67.5 Å². The molecular formula is C95H83N23O26S6. The van der Waals surface area contributed by atoms with Gasteiger partial charge in [0.05, 0.1) is 87.7 Å². The summed E-state index contributed by atoms with van der Waals surface area (Å²) in [6.45, 7) is 5.66. The van der Waals surface area contributed by atoms with E-state index in [1.807, 2.05) is 60.7 Å². The molecule has 19 rings (SSSR count). The Labute approximate surface area is 853 Å². The van der Waals surface area contributed by atoms with Crippen LogP contribution in [0.3, 0.4) is 0 Å². The van der Waals surface area contributed by atoms with Crippen LogP contribution in [0.5, 0.6) is 5.88 Å². The highest BCUT2D eigenvalue weighted by Crippen LogP contribution is 2.40. The number of amides is 7. The van der Waals surface area contributed by atoms with Crippen molar-refractivity contribution in [1.29, 1.82) is 0 Å². The van der Waals surface area contributed by atoms with Crippen LogP contribution in [0.4, 0.5) is 105 Å². The number of hydrogen-bond donors (Lipinski definition) is 17. The van der Waals surface area contributed by atoms with Gasteiger partial charge in [-0.2, -0.15) is 95.4 Å². The average Bonchev–Trinajstić information content (AvgIpc) is 1.59. The number of hydrogen-bond acceptors (Lipinski definition) is 38. The van der Waals surface area contributed by atoms with Gasteiger partial charge in [-0.15, -0.1) is 0 Å². The van der Waals surface area contributed by atoms with E-state index < -0.39 is 111 Å². The number of aromatic amines is 1. The highest BCUT2D eigenvalue weighted by atomic mass is 32.2. The maximum atomic E-state index is 12.7. The molecule has 8 heterocycles. The number of nitrogens with one attached hydrogen (secondary N) is 10. The van der Waals surface area contributed by atoms with Gasteiger partial charge in [0.2, 0.25) is 53.5 Å². The molecule has 0 fully saturated rings. The number of aliphatic imine (C=N–C) groups is 1. The van der Waals surface area contributed by atoms with E-state index in [4.69, 9.17) is 0 Å². The Hall–Kier alpha value is -18.1. The smallest absolute Gasteiger partial charge is 0.296 e. The van der Waals surface area contributed by atoms with Gasteiger partial charge in [0.1, 0.15) is 14.7 Å². The average molecular weight is 2160 g/mol. The number of para-hydroxylation sites is 3. The Morgan fingerprint density at radius 1 is 0.267 bits per heavy atom. The van der Waals surface area contributed by atoms with Crippen molar-refractivity contribution in [2.24, 2.45) is 4.99 Å². The van der Waals surface area contributed by atoms with Gasteiger partial charge in [-0.3, -0.25) is 75.6 Å². The number of nitrogens with zero attached hydrogens (tertiary/aromatic N) is 13. The highest BCUT2D eigenvalue weighted by Gasteiger charge is 2.39. The molecule has 0 saturated carbocycles. The quantitative estimate of drug-likeness (QED) is 0.0153. The van der Waals surface area contributed by atoms with Crippen LogP contribution in [0.2, 0.25) is 0 Å². The molecule has 0 saturated heterocycles. The number of aromatic nitrogens is 10. The van der Waals surface area contributed by atoms with Gasteiger partial charge < -0.3 is 57.9 Å². The first-order chi connectivity index (χ1) is 70.2. The molecule has 55 heteroatoms. The maximum Gasteiger partial charge on any atom is 0.296 e. The Balaban J connectivity index is 0.000000160. The lowest BCUT2D eigenvalue weighted by molar-refractivity contribution is 0.0647. The van der Waals surface area contributed by atoms with Crippen LogP contribution in [-0.2, 0) is 60.7 Å². The van der Waals surface area contributed by atoms with Crippen molar-refractivity contribution in [1.82, 2.24) is 64.5 Å². The van der Waals surface area contributed by atoms with Crippen molar-refractivity contribution < 1.29 is 116 Å². The number of carbonyl (C=O) groups excluding carboxylic acids is 7. The van der Waals surface area contributed by atoms with Crippen LogP contribution in [-0.4, -0.2) is 214 Å². The number of fused-ring (bicyclic) bond motifs is 4. The molecule has 0 unspecified atom stereocenters. The molecule has 7 amide bonds. The van der Waals surface area contributed by atoms with Crippen molar-refractivity contribution in [3.8, 4) is 17.1 Å². The van der Waals surface area contributed by atoms with Gasteiger partial charge in [-0.1, -0.05) is 130 Å². The van der Waals surface area contributed by atoms with E-state index in [1.54, 1.807) is 26.8 Å². The van der Waals surface area contributed by atoms with Crippen molar-refractivity contribution in [3.63, 3.8) is 0 Å². The minimum atomic E-state index is -4.64. The number of benzene rings is 11. The zero-order valence-corrected chi connectivity index (χ0v) is 81.0. The lowest BCUT2D eigenvalue weighted by Crippen LogP contribution is -2.29. The summed E-state index contributed by atoms with van der Waals surface area (Å²) in [7, 11) is -27.4. The molecule has 4 aromatic heterocycles. The topological polar surface area (TPSA) is 728 Å². The van der Waals surface area contributed by atoms with Crippen LogP contribution < -0.4 is 47.9 Å². The molecule has 11 aromatic carbocycles. The fourth-order valence-electron chi connectivity index (χ4n) is 15.1. The van der Waals surface area contributed by atoms with Gasteiger partial charge in [-0.05, 0) is 172 Å². The van der Waals surface area contributed by atoms with Crippen LogP contribution in [0, 0.1) is 0 Å². The SMILES string of the molecule is C.C.CCN1C(=O)c2ccc(Nc3nc(Nc4cccc(S(=O)(=O)O)c4)nc(Nc4cccc(S(=O)(=O)O)c4)n3)cc2C1=O.CCN1C(=O)c2ccc(Nc3nc(Nc4cccc(S(=O)(=O)O)c4)nc(Nc4ccccc4S(=O)(=O)O)n3)cc2C1=O.CCN1C(=O)c2ccc(Nc3nc(Nc4ccccc4S(=O)(=O)O)nc(Nc4ccccc4S(=O)(=O)O)n3)cc2C1=O.O=C1N=C(c2ccccc2)c2c(O)[nH]c(-c3ccccc3)c21. The second kappa shape index (κ2) is 43.7. The number of carbonyl (C=O) groups is 7. The molecule has 0 bridgehead atoms. The summed E-state index contributed by atoms with van der Waals surface area (Å²) in [5.74, 6) is -4.27. The Morgan fingerprint density at radius 2 is 0.513 bits per heavy atom. The summed E-state index contributed by atoms with van der Waals surface area (Å²) in [6.07, 6.45) is 0. The predicted octanol–water partition coefficient (Wildman–Crippen LogP) is 14.3. The van der Waals surface area contributed by atoms with Gasteiger partial charge in [0.25, 0.3) is 102 Å². The minimum Gasteiger partial charge on any atom is -0.494 e. The van der Waals surface area contributed by atoms with Crippen LogP contribution in [0.15, 0.2) is 295 Å². The Morgan fingerprint density at radius 3 is 0.780 bits per heavy atom. The second-order valence-corrected chi connectivity index (χ2v) is 39.8. The van der Waals surface area contributed by atoms with Crippen molar-refractivity contribution in [3.05, 3.63) is 311 Å². The molecule has 770 valence electrons. The normalized spacial score (nSPS) is 13.0. The molecule has 15 aromatic rings. The van der Waals surface area contributed by atoms with Gasteiger partial charge in [-0.25, -0.2) is 4.99 Å². The number of imide groups is 3. The van der Waals surface area contributed by atoms with Gasteiger partial charge in [0.15, 0.2) is 5.88 Å². The third-order valence-electron chi connectivity index (χ3n) is 21.7. The van der Waals surface area contributed by atoms with E-state index >= 15 is 0 Å².